The Labute approximate surface area is 189 Å². The number of likely N-dealkylation sites (N-methyl/N-ethyl adjacent to an activating group) is 1. The summed E-state index contributed by atoms with van der Waals surface area (Å²) in [7, 11) is 1.59. The smallest absolute Gasteiger partial charge is 0.309 e. The molecule has 0 radical (unpaired) electrons. The lowest BCUT2D eigenvalue weighted by atomic mass is 9.97. The molecule has 172 valence electrons. The largest absolute Gasteiger partial charge is 0.483 e. The van der Waals surface area contributed by atoms with Crippen LogP contribution in [0.5, 0.6) is 5.75 Å². The Bertz CT molecular complexity index is 803. The van der Waals surface area contributed by atoms with E-state index >= 15 is 0 Å². The van der Waals surface area contributed by atoms with Crippen molar-refractivity contribution < 1.29 is 23.9 Å². The molecule has 2 rings (SSSR count). The Balaban J connectivity index is 1.86. The molecule has 1 aromatic rings. The van der Waals surface area contributed by atoms with Gasteiger partial charge in [0.05, 0.1) is 19.1 Å². The van der Waals surface area contributed by atoms with Crippen molar-refractivity contribution in [2.75, 3.05) is 39.9 Å². The Kier molecular flexibility index (Phi) is 9.16. The Morgan fingerprint density at radius 1 is 1.23 bits per heavy atom. The van der Waals surface area contributed by atoms with E-state index in [1.165, 1.54) is 4.90 Å². The van der Waals surface area contributed by atoms with Gasteiger partial charge in [0, 0.05) is 25.2 Å². The summed E-state index contributed by atoms with van der Waals surface area (Å²) >= 11 is 6.22. The van der Waals surface area contributed by atoms with E-state index < -0.39 is 0 Å². The van der Waals surface area contributed by atoms with E-state index in [1.807, 2.05) is 32.9 Å². The fraction of sp³-hybridized carbons (Fsp3) is 0.609. The number of piperidine rings is 1. The minimum atomic E-state index is -0.280. The summed E-state index contributed by atoms with van der Waals surface area (Å²) < 4.78 is 10.8. The summed E-state index contributed by atoms with van der Waals surface area (Å²) in [4.78, 5) is 40.0. The van der Waals surface area contributed by atoms with E-state index in [0.29, 0.717) is 43.3 Å². The molecule has 0 unspecified atom stereocenters. The molecule has 0 bridgehead atoms. The minimum absolute atomic E-state index is 0.0249. The van der Waals surface area contributed by atoms with Crippen LogP contribution in [0, 0.1) is 12.8 Å². The first-order chi connectivity index (χ1) is 14.6. The minimum Gasteiger partial charge on any atom is -0.483 e. The lowest BCUT2D eigenvalue weighted by molar-refractivity contribution is -0.151. The fourth-order valence-corrected chi connectivity index (χ4v) is 3.68. The van der Waals surface area contributed by atoms with Crippen molar-refractivity contribution in [1.29, 1.82) is 0 Å². The van der Waals surface area contributed by atoms with Crippen LogP contribution < -0.4 is 4.74 Å². The Morgan fingerprint density at radius 3 is 2.45 bits per heavy atom. The molecule has 2 amide bonds. The van der Waals surface area contributed by atoms with Crippen LogP contribution >= 0.6 is 11.6 Å². The molecule has 0 spiro atoms. The highest BCUT2D eigenvalue weighted by Crippen LogP contribution is 2.32. The summed E-state index contributed by atoms with van der Waals surface area (Å²) in [6.45, 7) is 8.89. The number of carbonyl (C=O) groups is 3. The van der Waals surface area contributed by atoms with Gasteiger partial charge in [-0.05, 0) is 55.9 Å². The highest BCUT2D eigenvalue weighted by atomic mass is 35.5. The number of benzene rings is 1. The van der Waals surface area contributed by atoms with Gasteiger partial charge in [0.25, 0.3) is 5.91 Å². The van der Waals surface area contributed by atoms with Crippen LogP contribution in [0.2, 0.25) is 5.02 Å². The zero-order valence-corrected chi connectivity index (χ0v) is 19.8. The van der Waals surface area contributed by atoms with Gasteiger partial charge in [-0.1, -0.05) is 25.4 Å². The molecule has 1 aliphatic heterocycles. The van der Waals surface area contributed by atoms with E-state index in [1.54, 1.807) is 18.9 Å². The number of aryl methyl sites for hydroxylation is 1. The molecule has 0 aromatic heterocycles. The summed E-state index contributed by atoms with van der Waals surface area (Å²) in [5.74, 6) is 0.0542. The normalized spacial score (nSPS) is 14.5. The maximum atomic E-state index is 12.6. The van der Waals surface area contributed by atoms with E-state index in [0.717, 1.165) is 11.1 Å². The number of hydrogen-bond donors (Lipinski definition) is 0. The van der Waals surface area contributed by atoms with Crippen LogP contribution in [0.15, 0.2) is 12.1 Å². The molecule has 8 heteroatoms. The second kappa shape index (κ2) is 11.4. The summed E-state index contributed by atoms with van der Waals surface area (Å²) in [5.41, 5.74) is 1.81. The Hall–Kier alpha value is -2.28. The molecular formula is C23H33ClN2O5. The molecule has 31 heavy (non-hydrogen) atoms. The van der Waals surface area contributed by atoms with Crippen molar-refractivity contribution in [3.8, 4) is 5.75 Å². The van der Waals surface area contributed by atoms with Crippen molar-refractivity contribution in [2.45, 2.75) is 46.5 Å². The molecule has 1 aliphatic rings. The lowest BCUT2D eigenvalue weighted by Gasteiger charge is -2.32. The zero-order chi connectivity index (χ0) is 23.1. The second-order valence-electron chi connectivity index (χ2n) is 8.24. The number of hydrogen-bond acceptors (Lipinski definition) is 5. The molecule has 7 nitrogen and oxygen atoms in total. The predicted octanol–water partition coefficient (Wildman–Crippen LogP) is 3.41. The average Bonchev–Trinajstić information content (AvgIpc) is 2.73. The third kappa shape index (κ3) is 6.86. The van der Waals surface area contributed by atoms with Crippen LogP contribution in [-0.2, 0) is 19.1 Å². The van der Waals surface area contributed by atoms with Gasteiger partial charge in [-0.3, -0.25) is 14.4 Å². The number of likely N-dealkylation sites (tertiary alicyclic amines) is 1. The third-order valence-corrected chi connectivity index (χ3v) is 5.94. The molecule has 1 saturated heterocycles. The standard InChI is InChI=1S/C23H33ClN2O5/c1-6-30-23(29)17-7-9-26(10-8-17)21(27)13-25(5)22(28)14-31-20-11-16(4)19(24)12-18(20)15(2)3/h11-12,15,17H,6-10,13-14H2,1-5H3. The van der Waals surface area contributed by atoms with Gasteiger partial charge in [-0.2, -0.15) is 0 Å². The molecule has 0 aliphatic carbocycles. The first-order valence-electron chi connectivity index (χ1n) is 10.7. The van der Waals surface area contributed by atoms with Gasteiger partial charge in [0.2, 0.25) is 5.91 Å². The molecule has 1 heterocycles. The van der Waals surface area contributed by atoms with Gasteiger partial charge in [-0.25, -0.2) is 0 Å². The first kappa shape index (κ1) is 25.0. The lowest BCUT2D eigenvalue weighted by Crippen LogP contribution is -2.46. The fourth-order valence-electron chi connectivity index (χ4n) is 3.51. The van der Waals surface area contributed by atoms with Crippen LogP contribution in [0.3, 0.4) is 0 Å². The molecule has 0 saturated carbocycles. The number of halogens is 1. The maximum absolute atomic E-state index is 12.6. The summed E-state index contributed by atoms with van der Waals surface area (Å²) in [6.07, 6.45) is 1.17. The van der Waals surface area contributed by atoms with Crippen molar-refractivity contribution >= 4 is 29.4 Å². The van der Waals surface area contributed by atoms with Crippen molar-refractivity contribution in [2.24, 2.45) is 5.92 Å². The maximum Gasteiger partial charge on any atom is 0.309 e. The van der Waals surface area contributed by atoms with Crippen molar-refractivity contribution in [3.05, 3.63) is 28.3 Å². The van der Waals surface area contributed by atoms with Gasteiger partial charge >= 0.3 is 5.97 Å². The quantitative estimate of drug-likeness (QED) is 0.565. The van der Waals surface area contributed by atoms with Crippen LogP contribution in [0.25, 0.3) is 0 Å². The van der Waals surface area contributed by atoms with Gasteiger partial charge in [0.1, 0.15) is 5.75 Å². The molecule has 0 atom stereocenters. The van der Waals surface area contributed by atoms with Gasteiger partial charge in [-0.15, -0.1) is 0 Å². The monoisotopic (exact) mass is 452 g/mol. The SMILES string of the molecule is CCOC(=O)C1CCN(C(=O)CN(C)C(=O)COc2cc(C)c(Cl)cc2C(C)C)CC1. The third-order valence-electron chi connectivity index (χ3n) is 5.53. The van der Waals surface area contributed by atoms with Gasteiger partial charge in [0.15, 0.2) is 6.61 Å². The number of ether oxygens (including phenoxy) is 2. The van der Waals surface area contributed by atoms with Crippen LogP contribution in [0.4, 0.5) is 0 Å². The van der Waals surface area contributed by atoms with Crippen LogP contribution in [0.1, 0.15) is 50.7 Å². The number of rotatable bonds is 8. The average molecular weight is 453 g/mol. The highest BCUT2D eigenvalue weighted by Gasteiger charge is 2.29. The summed E-state index contributed by atoms with van der Waals surface area (Å²) in [5, 5.41) is 0.664. The van der Waals surface area contributed by atoms with Crippen molar-refractivity contribution in [1.82, 2.24) is 9.80 Å². The predicted molar refractivity (Wildman–Crippen MR) is 119 cm³/mol. The zero-order valence-electron chi connectivity index (χ0n) is 19.1. The number of esters is 1. The summed E-state index contributed by atoms with van der Waals surface area (Å²) in [6, 6.07) is 3.71. The highest BCUT2D eigenvalue weighted by molar-refractivity contribution is 6.31. The molecule has 1 aromatic carbocycles. The second-order valence-corrected chi connectivity index (χ2v) is 8.65. The molecule has 0 N–H and O–H groups in total. The van der Waals surface area contributed by atoms with E-state index in [9.17, 15) is 14.4 Å². The molecular weight excluding hydrogens is 420 g/mol. The van der Waals surface area contributed by atoms with E-state index in [2.05, 4.69) is 0 Å². The topological polar surface area (TPSA) is 76.2 Å². The number of nitrogens with zero attached hydrogens (tertiary/aromatic N) is 2. The number of amides is 2. The van der Waals surface area contributed by atoms with Gasteiger partial charge < -0.3 is 19.3 Å². The van der Waals surface area contributed by atoms with E-state index in [4.69, 9.17) is 21.1 Å². The number of carbonyl (C=O) groups excluding carboxylic acids is 3. The van der Waals surface area contributed by atoms with E-state index in [-0.39, 0.29) is 42.8 Å². The van der Waals surface area contributed by atoms with Crippen molar-refractivity contribution in [3.63, 3.8) is 0 Å². The Morgan fingerprint density at radius 2 is 1.87 bits per heavy atom. The first-order valence-corrected chi connectivity index (χ1v) is 11.1. The molecule has 1 fully saturated rings. The van der Waals surface area contributed by atoms with Crippen LogP contribution in [-0.4, -0.2) is 67.5 Å².